The Hall–Kier alpha value is -3.64. The lowest BCUT2D eigenvalue weighted by molar-refractivity contribution is -0.139. The highest BCUT2D eigenvalue weighted by Crippen LogP contribution is 2.47. The summed E-state index contributed by atoms with van der Waals surface area (Å²) in [7, 11) is 1.64. The van der Waals surface area contributed by atoms with Gasteiger partial charge in [-0.1, -0.05) is 76.6 Å². The quantitative estimate of drug-likeness (QED) is 0.323. The lowest BCUT2D eigenvalue weighted by atomic mass is 9.71. The van der Waals surface area contributed by atoms with E-state index < -0.39 is 11.9 Å². The zero-order chi connectivity index (χ0) is 26.6. The highest BCUT2D eigenvalue weighted by Gasteiger charge is 2.42. The van der Waals surface area contributed by atoms with Crippen LogP contribution in [0.5, 0.6) is 5.75 Å². The van der Waals surface area contributed by atoms with Crippen molar-refractivity contribution in [2.24, 2.45) is 0 Å². The monoisotopic (exact) mass is 571 g/mol. The molecule has 1 N–H and O–H groups in total. The molecule has 5 rings (SSSR count). The summed E-state index contributed by atoms with van der Waals surface area (Å²) in [6.07, 6.45) is 1.69. The standard InChI is InChI=1S/C32H30BrNO4/c1-20-29(32(36)38-17-16-21-8-4-3-5-9-21)30(25-10-6-7-11-26(25)33)31-27(34-20)18-23(19-28(31)35)22-12-14-24(37-2)15-13-22/h3-15,23,30,34H,16-19H2,1-2H3/t23-,30-/m0/s1. The first kappa shape index (κ1) is 26.0. The lowest BCUT2D eigenvalue weighted by Gasteiger charge is -2.37. The molecule has 0 unspecified atom stereocenters. The van der Waals surface area contributed by atoms with Crippen molar-refractivity contribution in [1.29, 1.82) is 0 Å². The number of allylic oxidation sites excluding steroid dienone is 3. The molecule has 0 amide bonds. The van der Waals surface area contributed by atoms with Crippen LogP contribution in [0.2, 0.25) is 0 Å². The minimum absolute atomic E-state index is 0.0439. The molecule has 38 heavy (non-hydrogen) atoms. The molecule has 0 radical (unpaired) electrons. The second-order valence-electron chi connectivity index (χ2n) is 9.68. The second-order valence-corrected chi connectivity index (χ2v) is 10.5. The molecule has 1 heterocycles. The van der Waals surface area contributed by atoms with Gasteiger partial charge in [0.15, 0.2) is 5.78 Å². The van der Waals surface area contributed by atoms with E-state index in [9.17, 15) is 9.59 Å². The summed E-state index contributed by atoms with van der Waals surface area (Å²) < 4.78 is 11.9. The van der Waals surface area contributed by atoms with Gasteiger partial charge >= 0.3 is 5.97 Å². The Balaban J connectivity index is 1.46. The maximum absolute atomic E-state index is 13.8. The summed E-state index contributed by atoms with van der Waals surface area (Å²) in [5.74, 6) is -0.0254. The summed E-state index contributed by atoms with van der Waals surface area (Å²) in [5.41, 5.74) is 5.82. The van der Waals surface area contributed by atoms with Gasteiger partial charge in [-0.3, -0.25) is 4.79 Å². The molecule has 0 saturated heterocycles. The molecule has 0 saturated carbocycles. The number of halogens is 1. The van der Waals surface area contributed by atoms with Gasteiger partial charge in [-0.25, -0.2) is 4.79 Å². The van der Waals surface area contributed by atoms with Crippen LogP contribution in [-0.2, 0) is 20.7 Å². The Bertz CT molecular complexity index is 1410. The second kappa shape index (κ2) is 11.4. The van der Waals surface area contributed by atoms with Gasteiger partial charge in [0.25, 0.3) is 0 Å². The number of dihydropyridines is 1. The molecule has 2 aliphatic rings. The first-order valence-electron chi connectivity index (χ1n) is 12.8. The van der Waals surface area contributed by atoms with E-state index in [0.29, 0.717) is 30.4 Å². The van der Waals surface area contributed by atoms with Crippen LogP contribution in [-0.4, -0.2) is 25.5 Å². The van der Waals surface area contributed by atoms with Crippen molar-refractivity contribution in [3.63, 3.8) is 0 Å². The van der Waals surface area contributed by atoms with Crippen molar-refractivity contribution in [3.8, 4) is 5.75 Å². The molecule has 0 bridgehead atoms. The lowest BCUT2D eigenvalue weighted by Crippen LogP contribution is -2.36. The number of esters is 1. The van der Waals surface area contributed by atoms with Crippen LogP contribution >= 0.6 is 15.9 Å². The number of carbonyl (C=O) groups is 2. The van der Waals surface area contributed by atoms with Gasteiger partial charge in [-0.05, 0) is 54.2 Å². The van der Waals surface area contributed by atoms with Crippen molar-refractivity contribution < 1.29 is 19.1 Å². The van der Waals surface area contributed by atoms with Crippen LogP contribution in [0.4, 0.5) is 0 Å². The number of nitrogens with one attached hydrogen (secondary N) is 1. The Morgan fingerprint density at radius 2 is 1.68 bits per heavy atom. The van der Waals surface area contributed by atoms with Gasteiger partial charge in [0.05, 0.1) is 19.3 Å². The summed E-state index contributed by atoms with van der Waals surface area (Å²) >= 11 is 3.67. The number of carbonyl (C=O) groups excluding carboxylic acids is 2. The van der Waals surface area contributed by atoms with Crippen LogP contribution in [0.25, 0.3) is 0 Å². The SMILES string of the molecule is COc1ccc([C@@H]2CC(=O)C3=C(C2)NC(C)=C(C(=O)OCCc2ccccc2)[C@@H]3c2ccccc2Br)cc1. The number of Topliss-reactive ketones (excluding diaryl/α,β-unsaturated/α-hetero) is 1. The molecule has 0 spiro atoms. The van der Waals surface area contributed by atoms with Crippen molar-refractivity contribution in [2.45, 2.75) is 38.0 Å². The van der Waals surface area contributed by atoms with Crippen LogP contribution in [0, 0.1) is 0 Å². The molecular weight excluding hydrogens is 542 g/mol. The number of hydrogen-bond donors (Lipinski definition) is 1. The zero-order valence-electron chi connectivity index (χ0n) is 21.5. The van der Waals surface area contributed by atoms with Gasteiger partial charge in [-0.2, -0.15) is 0 Å². The minimum atomic E-state index is -0.504. The average molecular weight is 572 g/mol. The summed E-state index contributed by atoms with van der Waals surface area (Å²) in [5, 5.41) is 3.43. The Labute approximate surface area is 231 Å². The van der Waals surface area contributed by atoms with E-state index in [-0.39, 0.29) is 18.3 Å². The van der Waals surface area contributed by atoms with Crippen LogP contribution in [0.3, 0.4) is 0 Å². The number of ether oxygens (including phenoxy) is 2. The highest BCUT2D eigenvalue weighted by molar-refractivity contribution is 9.10. The number of methoxy groups -OCH3 is 1. The van der Waals surface area contributed by atoms with Crippen molar-refractivity contribution in [1.82, 2.24) is 5.32 Å². The molecule has 5 nitrogen and oxygen atoms in total. The molecule has 0 fully saturated rings. The fourth-order valence-corrected chi connectivity index (χ4v) is 5.94. The predicted octanol–water partition coefficient (Wildman–Crippen LogP) is 6.61. The van der Waals surface area contributed by atoms with E-state index >= 15 is 0 Å². The van der Waals surface area contributed by atoms with E-state index in [1.165, 1.54) is 0 Å². The largest absolute Gasteiger partial charge is 0.497 e. The summed E-state index contributed by atoms with van der Waals surface area (Å²) in [4.78, 5) is 27.3. The molecule has 1 aliphatic heterocycles. The van der Waals surface area contributed by atoms with E-state index in [2.05, 4.69) is 21.2 Å². The van der Waals surface area contributed by atoms with Crippen LogP contribution in [0.1, 0.15) is 48.3 Å². The van der Waals surface area contributed by atoms with E-state index in [4.69, 9.17) is 9.47 Å². The Morgan fingerprint density at radius 3 is 2.39 bits per heavy atom. The molecule has 194 valence electrons. The van der Waals surface area contributed by atoms with E-state index in [1.54, 1.807) is 7.11 Å². The summed E-state index contributed by atoms with van der Waals surface area (Å²) in [6, 6.07) is 25.6. The highest BCUT2D eigenvalue weighted by atomic mass is 79.9. The van der Waals surface area contributed by atoms with E-state index in [0.717, 1.165) is 38.3 Å². The van der Waals surface area contributed by atoms with Gasteiger partial charge in [-0.15, -0.1) is 0 Å². The van der Waals surface area contributed by atoms with Gasteiger partial charge in [0.2, 0.25) is 0 Å². The first-order valence-corrected chi connectivity index (χ1v) is 13.6. The molecule has 2 atom stereocenters. The number of benzene rings is 3. The normalized spacial score (nSPS) is 19.1. The van der Waals surface area contributed by atoms with Crippen molar-refractivity contribution in [2.75, 3.05) is 13.7 Å². The van der Waals surface area contributed by atoms with Gasteiger partial charge in [0.1, 0.15) is 5.75 Å². The zero-order valence-corrected chi connectivity index (χ0v) is 23.1. The molecular formula is C32H30BrNO4. The Morgan fingerprint density at radius 1 is 0.974 bits per heavy atom. The van der Waals surface area contributed by atoms with E-state index in [1.807, 2.05) is 85.8 Å². The van der Waals surface area contributed by atoms with Crippen LogP contribution < -0.4 is 10.1 Å². The van der Waals surface area contributed by atoms with Crippen LogP contribution in [0.15, 0.2) is 106 Å². The number of rotatable bonds is 7. The molecule has 3 aromatic rings. The number of hydrogen-bond acceptors (Lipinski definition) is 5. The fourth-order valence-electron chi connectivity index (χ4n) is 5.43. The molecule has 6 heteroatoms. The molecule has 1 aliphatic carbocycles. The molecule has 0 aromatic heterocycles. The third-order valence-electron chi connectivity index (χ3n) is 7.32. The third-order valence-corrected chi connectivity index (χ3v) is 8.04. The third kappa shape index (κ3) is 5.32. The van der Waals surface area contributed by atoms with Crippen molar-refractivity contribution in [3.05, 3.63) is 123 Å². The first-order chi connectivity index (χ1) is 18.5. The maximum Gasteiger partial charge on any atom is 0.336 e. The topological polar surface area (TPSA) is 64.6 Å². The maximum atomic E-state index is 13.8. The number of ketones is 1. The Kier molecular flexibility index (Phi) is 7.79. The van der Waals surface area contributed by atoms with Gasteiger partial charge in [0, 0.05) is 40.2 Å². The smallest absolute Gasteiger partial charge is 0.336 e. The molecule has 3 aromatic carbocycles. The predicted molar refractivity (Wildman–Crippen MR) is 151 cm³/mol. The minimum Gasteiger partial charge on any atom is -0.497 e. The average Bonchev–Trinajstić information content (AvgIpc) is 2.93. The van der Waals surface area contributed by atoms with Gasteiger partial charge < -0.3 is 14.8 Å². The van der Waals surface area contributed by atoms with Crippen molar-refractivity contribution >= 4 is 27.7 Å². The summed E-state index contributed by atoms with van der Waals surface area (Å²) in [6.45, 7) is 2.16. The fraction of sp³-hybridized carbons (Fsp3) is 0.250.